The van der Waals surface area contributed by atoms with E-state index in [4.69, 9.17) is 0 Å². The highest BCUT2D eigenvalue weighted by molar-refractivity contribution is 7.18. The van der Waals surface area contributed by atoms with E-state index in [1.165, 1.54) is 23.2 Å². The van der Waals surface area contributed by atoms with Crippen LogP contribution >= 0.6 is 11.3 Å². The Morgan fingerprint density at radius 2 is 2.11 bits per heavy atom. The highest BCUT2D eigenvalue weighted by Crippen LogP contribution is 2.36. The fourth-order valence-corrected chi connectivity index (χ4v) is 3.56. The molecule has 1 aliphatic carbocycles. The van der Waals surface area contributed by atoms with E-state index in [0.29, 0.717) is 6.04 Å². The molecular weight excluding hydrogens is 240 g/mol. The molecule has 2 nitrogen and oxygen atoms in total. The SMILES string of the molecule is Cc1nc2ccc(NC3CC(C(C)C)C3)cc2s1. The van der Waals surface area contributed by atoms with Crippen molar-refractivity contribution in [2.24, 2.45) is 11.8 Å². The molecule has 0 spiro atoms. The van der Waals surface area contributed by atoms with Crippen LogP contribution in [0.25, 0.3) is 10.2 Å². The van der Waals surface area contributed by atoms with E-state index in [0.717, 1.165) is 22.4 Å². The van der Waals surface area contributed by atoms with Crippen molar-refractivity contribution in [3.8, 4) is 0 Å². The van der Waals surface area contributed by atoms with Gasteiger partial charge >= 0.3 is 0 Å². The van der Waals surface area contributed by atoms with E-state index in [1.807, 2.05) is 0 Å². The molecule has 96 valence electrons. The standard InChI is InChI=1S/C15H20N2S/c1-9(2)11-6-13(7-11)17-12-4-5-14-15(8-12)18-10(3)16-14/h4-5,8-9,11,13,17H,6-7H2,1-3H3. The van der Waals surface area contributed by atoms with E-state index in [1.54, 1.807) is 11.3 Å². The lowest BCUT2D eigenvalue weighted by Crippen LogP contribution is -2.37. The minimum Gasteiger partial charge on any atom is -0.382 e. The molecule has 3 rings (SSSR count). The lowest BCUT2D eigenvalue weighted by Gasteiger charge is -2.39. The maximum atomic E-state index is 4.49. The Hall–Kier alpha value is -1.09. The van der Waals surface area contributed by atoms with E-state index >= 15 is 0 Å². The summed E-state index contributed by atoms with van der Waals surface area (Å²) in [5, 5.41) is 4.79. The average molecular weight is 260 g/mol. The minimum absolute atomic E-state index is 0.670. The normalized spacial score (nSPS) is 23.3. The fraction of sp³-hybridized carbons (Fsp3) is 0.533. The van der Waals surface area contributed by atoms with Crippen LogP contribution in [0.5, 0.6) is 0 Å². The van der Waals surface area contributed by atoms with Crippen LogP contribution in [0, 0.1) is 18.8 Å². The monoisotopic (exact) mass is 260 g/mol. The van der Waals surface area contributed by atoms with Gasteiger partial charge in [0.05, 0.1) is 15.2 Å². The lowest BCUT2D eigenvalue weighted by atomic mass is 9.73. The highest BCUT2D eigenvalue weighted by atomic mass is 32.1. The zero-order chi connectivity index (χ0) is 12.7. The molecule has 1 fully saturated rings. The van der Waals surface area contributed by atoms with Gasteiger partial charge in [0.2, 0.25) is 0 Å². The summed E-state index contributed by atoms with van der Waals surface area (Å²) >= 11 is 1.77. The molecular formula is C15H20N2S. The Labute approximate surface area is 112 Å². The number of benzene rings is 1. The Morgan fingerprint density at radius 3 is 2.83 bits per heavy atom. The molecule has 0 saturated heterocycles. The quantitative estimate of drug-likeness (QED) is 0.881. The van der Waals surface area contributed by atoms with Gasteiger partial charge in [0.15, 0.2) is 0 Å². The van der Waals surface area contributed by atoms with E-state index < -0.39 is 0 Å². The molecule has 0 bridgehead atoms. The highest BCUT2D eigenvalue weighted by Gasteiger charge is 2.30. The topological polar surface area (TPSA) is 24.9 Å². The van der Waals surface area contributed by atoms with E-state index in [-0.39, 0.29) is 0 Å². The third-order valence-electron chi connectivity index (χ3n) is 3.98. The van der Waals surface area contributed by atoms with Gasteiger partial charge in [-0.05, 0) is 49.8 Å². The van der Waals surface area contributed by atoms with Crippen LogP contribution in [0.4, 0.5) is 5.69 Å². The van der Waals surface area contributed by atoms with Gasteiger partial charge in [0, 0.05) is 11.7 Å². The third-order valence-corrected chi connectivity index (χ3v) is 4.92. The largest absolute Gasteiger partial charge is 0.382 e. The van der Waals surface area contributed by atoms with Crippen molar-refractivity contribution in [3.05, 3.63) is 23.2 Å². The predicted octanol–water partition coefficient (Wildman–Crippen LogP) is 4.45. The Balaban J connectivity index is 1.68. The maximum absolute atomic E-state index is 4.49. The molecule has 0 radical (unpaired) electrons. The molecule has 2 aromatic rings. The second-order valence-corrected chi connectivity index (χ2v) is 6.97. The van der Waals surface area contributed by atoms with Gasteiger partial charge in [-0.2, -0.15) is 0 Å². The van der Waals surface area contributed by atoms with Crippen molar-refractivity contribution in [1.82, 2.24) is 4.98 Å². The number of nitrogens with zero attached hydrogens (tertiary/aromatic N) is 1. The zero-order valence-corrected chi connectivity index (χ0v) is 12.1. The molecule has 1 saturated carbocycles. The van der Waals surface area contributed by atoms with Gasteiger partial charge in [-0.15, -0.1) is 11.3 Å². The van der Waals surface area contributed by atoms with Crippen molar-refractivity contribution < 1.29 is 0 Å². The summed E-state index contributed by atoms with van der Waals surface area (Å²) in [6.45, 7) is 6.72. The van der Waals surface area contributed by atoms with Gasteiger partial charge < -0.3 is 5.32 Å². The summed E-state index contributed by atoms with van der Waals surface area (Å²) in [5.41, 5.74) is 2.37. The van der Waals surface area contributed by atoms with Crippen LogP contribution in [0.15, 0.2) is 18.2 Å². The Bertz CT molecular complexity index is 553. The number of hydrogen-bond acceptors (Lipinski definition) is 3. The molecule has 1 aromatic heterocycles. The number of aromatic nitrogens is 1. The van der Waals surface area contributed by atoms with Crippen LogP contribution in [0.1, 0.15) is 31.7 Å². The van der Waals surface area contributed by atoms with Gasteiger partial charge in [-0.1, -0.05) is 13.8 Å². The number of aryl methyl sites for hydroxylation is 1. The first kappa shape index (κ1) is 12.0. The van der Waals surface area contributed by atoms with Crippen LogP contribution in [-0.2, 0) is 0 Å². The zero-order valence-electron chi connectivity index (χ0n) is 11.2. The Kier molecular flexibility index (Phi) is 3.02. The summed E-state index contributed by atoms with van der Waals surface area (Å²) in [6.07, 6.45) is 2.63. The first-order chi connectivity index (χ1) is 8.61. The lowest BCUT2D eigenvalue weighted by molar-refractivity contribution is 0.212. The molecule has 1 heterocycles. The molecule has 1 aliphatic rings. The van der Waals surface area contributed by atoms with Crippen LogP contribution < -0.4 is 5.32 Å². The number of rotatable bonds is 3. The number of nitrogens with one attached hydrogen (secondary N) is 1. The average Bonchev–Trinajstić information content (AvgIpc) is 2.61. The summed E-state index contributed by atoms with van der Waals surface area (Å²) in [7, 11) is 0. The maximum Gasteiger partial charge on any atom is 0.0907 e. The van der Waals surface area contributed by atoms with Crippen molar-refractivity contribution in [1.29, 1.82) is 0 Å². The molecule has 1 N–H and O–H groups in total. The van der Waals surface area contributed by atoms with Gasteiger partial charge in [0.25, 0.3) is 0 Å². The van der Waals surface area contributed by atoms with E-state index in [9.17, 15) is 0 Å². The first-order valence-electron chi connectivity index (χ1n) is 6.75. The predicted molar refractivity (Wildman–Crippen MR) is 79.3 cm³/mol. The molecule has 0 aliphatic heterocycles. The van der Waals surface area contributed by atoms with Gasteiger partial charge in [-0.25, -0.2) is 4.98 Å². The smallest absolute Gasteiger partial charge is 0.0907 e. The van der Waals surface area contributed by atoms with Crippen molar-refractivity contribution in [2.45, 2.75) is 39.7 Å². The molecule has 3 heteroatoms. The molecule has 0 atom stereocenters. The minimum atomic E-state index is 0.670. The Morgan fingerprint density at radius 1 is 1.33 bits per heavy atom. The van der Waals surface area contributed by atoms with Crippen molar-refractivity contribution in [2.75, 3.05) is 5.32 Å². The molecule has 0 unspecified atom stereocenters. The van der Waals surface area contributed by atoms with Crippen LogP contribution in [0.2, 0.25) is 0 Å². The summed E-state index contributed by atoms with van der Waals surface area (Å²) in [4.78, 5) is 4.49. The van der Waals surface area contributed by atoms with Crippen molar-refractivity contribution >= 4 is 27.2 Å². The van der Waals surface area contributed by atoms with Crippen molar-refractivity contribution in [3.63, 3.8) is 0 Å². The number of thiazole rings is 1. The number of anilines is 1. The van der Waals surface area contributed by atoms with Gasteiger partial charge in [-0.3, -0.25) is 0 Å². The second-order valence-electron chi connectivity index (χ2n) is 5.73. The van der Waals surface area contributed by atoms with Crippen LogP contribution in [-0.4, -0.2) is 11.0 Å². The summed E-state index contributed by atoms with van der Waals surface area (Å²) < 4.78 is 1.29. The second kappa shape index (κ2) is 4.54. The number of hydrogen-bond donors (Lipinski definition) is 1. The van der Waals surface area contributed by atoms with Crippen LogP contribution in [0.3, 0.4) is 0 Å². The fourth-order valence-electron chi connectivity index (χ4n) is 2.69. The van der Waals surface area contributed by atoms with Gasteiger partial charge in [0.1, 0.15) is 0 Å². The number of fused-ring (bicyclic) bond motifs is 1. The molecule has 1 aromatic carbocycles. The third kappa shape index (κ3) is 2.24. The molecule has 0 amide bonds. The summed E-state index contributed by atoms with van der Waals surface area (Å²) in [5.74, 6) is 1.74. The van der Waals surface area contributed by atoms with E-state index in [2.05, 4.69) is 49.3 Å². The molecule has 18 heavy (non-hydrogen) atoms. The first-order valence-corrected chi connectivity index (χ1v) is 7.57. The summed E-state index contributed by atoms with van der Waals surface area (Å²) in [6, 6.07) is 7.19.